The number of nitrogens with two attached hydrogens (primary N) is 1. The van der Waals surface area contributed by atoms with E-state index in [1.807, 2.05) is 0 Å². The van der Waals surface area contributed by atoms with Crippen LogP contribution in [0.15, 0.2) is 24.4 Å². The molecule has 0 saturated carbocycles. The fourth-order valence-corrected chi connectivity index (χ4v) is 2.06. The molecule has 2 aromatic rings. The van der Waals surface area contributed by atoms with Crippen LogP contribution in [-0.4, -0.2) is 9.91 Å². The van der Waals surface area contributed by atoms with Gasteiger partial charge in [-0.05, 0) is 19.1 Å². The maximum Gasteiger partial charge on any atom is 0.272 e. The van der Waals surface area contributed by atoms with Gasteiger partial charge in [-0.1, -0.05) is 11.3 Å². The van der Waals surface area contributed by atoms with Crippen LogP contribution in [0, 0.1) is 17.0 Å². The topological polar surface area (TPSA) is 91.3 Å². The van der Waals surface area contributed by atoms with E-state index >= 15 is 0 Å². The molecule has 0 fully saturated rings. The predicted molar refractivity (Wildman–Crippen MR) is 68.7 cm³/mol. The van der Waals surface area contributed by atoms with Gasteiger partial charge >= 0.3 is 0 Å². The molecule has 0 unspecified atom stereocenters. The molecular weight excluding hydrogens is 254 g/mol. The molecule has 0 bridgehead atoms. The number of nitrogen functional groups attached to an aromatic ring is 1. The van der Waals surface area contributed by atoms with Gasteiger partial charge < -0.3 is 10.5 Å². The van der Waals surface area contributed by atoms with Crippen molar-refractivity contribution in [3.8, 4) is 5.75 Å². The average molecular weight is 265 g/mol. The molecule has 0 aliphatic rings. The highest BCUT2D eigenvalue weighted by Gasteiger charge is 2.10. The highest BCUT2D eigenvalue weighted by molar-refractivity contribution is 7.15. The zero-order valence-corrected chi connectivity index (χ0v) is 10.4. The van der Waals surface area contributed by atoms with Crippen molar-refractivity contribution in [3.05, 3.63) is 45.0 Å². The number of benzene rings is 1. The molecule has 18 heavy (non-hydrogen) atoms. The molecule has 0 saturated heterocycles. The first kappa shape index (κ1) is 12.3. The number of nitrogens with zero attached hydrogens (tertiary/aromatic N) is 2. The maximum absolute atomic E-state index is 10.7. The van der Waals surface area contributed by atoms with Crippen molar-refractivity contribution in [1.29, 1.82) is 0 Å². The Morgan fingerprint density at radius 1 is 1.56 bits per heavy atom. The van der Waals surface area contributed by atoms with E-state index in [4.69, 9.17) is 10.5 Å². The van der Waals surface area contributed by atoms with Crippen molar-refractivity contribution in [2.24, 2.45) is 0 Å². The standard InChI is InChI=1S/C11H11N3O3S/c1-7-4-8(2-3-10(7)14(15)16)17-6-9-5-13-11(12)18-9/h2-5H,6H2,1H3,(H2,12,13). The smallest absolute Gasteiger partial charge is 0.272 e. The van der Waals surface area contributed by atoms with Gasteiger partial charge in [0.15, 0.2) is 5.13 Å². The van der Waals surface area contributed by atoms with Crippen molar-refractivity contribution in [2.45, 2.75) is 13.5 Å². The number of aromatic nitrogens is 1. The van der Waals surface area contributed by atoms with Crippen molar-refractivity contribution >= 4 is 22.2 Å². The minimum Gasteiger partial charge on any atom is -0.488 e. The monoisotopic (exact) mass is 265 g/mol. The zero-order chi connectivity index (χ0) is 13.1. The van der Waals surface area contributed by atoms with Gasteiger partial charge in [0.2, 0.25) is 0 Å². The molecule has 1 aromatic heterocycles. The molecule has 1 aromatic carbocycles. The summed E-state index contributed by atoms with van der Waals surface area (Å²) in [5.74, 6) is 0.588. The molecule has 0 aliphatic carbocycles. The quantitative estimate of drug-likeness (QED) is 0.677. The van der Waals surface area contributed by atoms with Gasteiger partial charge in [-0.3, -0.25) is 10.1 Å². The number of hydrogen-bond donors (Lipinski definition) is 1. The van der Waals surface area contributed by atoms with E-state index in [1.165, 1.54) is 17.4 Å². The Labute approximate surface area is 107 Å². The lowest BCUT2D eigenvalue weighted by molar-refractivity contribution is -0.385. The van der Waals surface area contributed by atoms with Crippen molar-refractivity contribution in [2.75, 3.05) is 5.73 Å². The molecule has 0 radical (unpaired) electrons. The van der Waals surface area contributed by atoms with Crippen LogP contribution >= 0.6 is 11.3 Å². The van der Waals surface area contributed by atoms with Crippen LogP contribution in [0.1, 0.15) is 10.4 Å². The number of hydrogen-bond acceptors (Lipinski definition) is 6. The van der Waals surface area contributed by atoms with Crippen LogP contribution in [0.2, 0.25) is 0 Å². The van der Waals surface area contributed by atoms with Crippen molar-refractivity contribution < 1.29 is 9.66 Å². The van der Waals surface area contributed by atoms with Gasteiger partial charge in [-0.15, -0.1) is 0 Å². The Bertz CT molecular complexity index is 583. The molecule has 6 nitrogen and oxygen atoms in total. The first-order valence-electron chi connectivity index (χ1n) is 5.14. The summed E-state index contributed by atoms with van der Waals surface area (Å²) in [6, 6.07) is 4.66. The molecule has 0 spiro atoms. The van der Waals surface area contributed by atoms with Crippen LogP contribution in [0.4, 0.5) is 10.8 Å². The Morgan fingerprint density at radius 2 is 2.33 bits per heavy atom. The molecule has 1 heterocycles. The highest BCUT2D eigenvalue weighted by atomic mass is 32.1. The number of rotatable bonds is 4. The summed E-state index contributed by atoms with van der Waals surface area (Å²) in [5.41, 5.74) is 6.16. The molecule has 0 aliphatic heterocycles. The lowest BCUT2D eigenvalue weighted by Crippen LogP contribution is -1.95. The van der Waals surface area contributed by atoms with E-state index < -0.39 is 4.92 Å². The minimum absolute atomic E-state index is 0.0874. The van der Waals surface area contributed by atoms with Gasteiger partial charge in [0.1, 0.15) is 12.4 Å². The Morgan fingerprint density at radius 3 is 2.89 bits per heavy atom. The lowest BCUT2D eigenvalue weighted by atomic mass is 10.2. The summed E-state index contributed by atoms with van der Waals surface area (Å²) in [6.07, 6.45) is 1.65. The highest BCUT2D eigenvalue weighted by Crippen LogP contribution is 2.24. The third-order valence-corrected chi connectivity index (χ3v) is 3.12. The van der Waals surface area contributed by atoms with Crippen LogP contribution < -0.4 is 10.5 Å². The first-order chi connectivity index (χ1) is 8.56. The van der Waals surface area contributed by atoms with Crippen LogP contribution in [0.5, 0.6) is 5.75 Å². The molecule has 0 amide bonds. The number of nitro benzene ring substituents is 1. The molecule has 0 atom stereocenters. The zero-order valence-electron chi connectivity index (χ0n) is 9.62. The number of ether oxygens (including phenoxy) is 1. The minimum atomic E-state index is -0.414. The SMILES string of the molecule is Cc1cc(OCc2cnc(N)s2)ccc1[N+](=O)[O-]. The normalized spacial score (nSPS) is 10.3. The Hall–Kier alpha value is -2.15. The largest absolute Gasteiger partial charge is 0.488 e. The number of aryl methyl sites for hydroxylation is 1. The average Bonchev–Trinajstić information content (AvgIpc) is 2.72. The second-order valence-electron chi connectivity index (χ2n) is 3.66. The fourth-order valence-electron chi connectivity index (χ4n) is 1.47. The second-order valence-corrected chi connectivity index (χ2v) is 4.81. The molecular formula is C11H11N3O3S. The first-order valence-corrected chi connectivity index (χ1v) is 5.96. The molecule has 2 N–H and O–H groups in total. The summed E-state index contributed by atoms with van der Waals surface area (Å²) in [4.78, 5) is 15.1. The van der Waals surface area contributed by atoms with Crippen LogP contribution in [0.3, 0.4) is 0 Å². The molecule has 94 valence electrons. The fraction of sp³-hybridized carbons (Fsp3) is 0.182. The van der Waals surface area contributed by atoms with E-state index in [9.17, 15) is 10.1 Å². The second kappa shape index (κ2) is 5.01. The van der Waals surface area contributed by atoms with Gasteiger partial charge in [0.05, 0.1) is 9.80 Å². The van der Waals surface area contributed by atoms with Gasteiger partial charge in [-0.25, -0.2) is 4.98 Å². The van der Waals surface area contributed by atoms with Crippen LogP contribution in [0.25, 0.3) is 0 Å². The lowest BCUT2D eigenvalue weighted by Gasteiger charge is -2.05. The Balaban J connectivity index is 2.06. The number of thiazole rings is 1. The van der Waals surface area contributed by atoms with Gasteiger partial charge in [0, 0.05) is 17.8 Å². The van der Waals surface area contributed by atoms with Crippen LogP contribution in [-0.2, 0) is 6.61 Å². The van der Waals surface area contributed by atoms with E-state index in [2.05, 4.69) is 4.98 Å². The number of nitro groups is 1. The van der Waals surface area contributed by atoms with E-state index in [-0.39, 0.29) is 5.69 Å². The third-order valence-electron chi connectivity index (χ3n) is 2.32. The summed E-state index contributed by atoms with van der Waals surface area (Å²) in [7, 11) is 0. The summed E-state index contributed by atoms with van der Waals surface area (Å²) in [5, 5.41) is 11.2. The molecule has 2 rings (SSSR count). The Kier molecular flexibility index (Phi) is 3.42. The molecule has 7 heteroatoms. The van der Waals surface area contributed by atoms with E-state index in [0.717, 1.165) is 4.88 Å². The third kappa shape index (κ3) is 2.75. The van der Waals surface area contributed by atoms with E-state index in [1.54, 1.807) is 25.3 Å². The summed E-state index contributed by atoms with van der Waals surface area (Å²) in [6.45, 7) is 2.03. The number of anilines is 1. The predicted octanol–water partition coefficient (Wildman–Crippen LogP) is 2.52. The van der Waals surface area contributed by atoms with Crippen molar-refractivity contribution in [1.82, 2.24) is 4.98 Å². The van der Waals surface area contributed by atoms with Crippen molar-refractivity contribution in [3.63, 3.8) is 0 Å². The van der Waals surface area contributed by atoms with E-state index in [0.29, 0.717) is 23.1 Å². The summed E-state index contributed by atoms with van der Waals surface area (Å²) >= 11 is 1.35. The summed E-state index contributed by atoms with van der Waals surface area (Å²) < 4.78 is 5.51. The maximum atomic E-state index is 10.7. The van der Waals surface area contributed by atoms with Gasteiger partial charge in [-0.2, -0.15) is 0 Å². The van der Waals surface area contributed by atoms with Gasteiger partial charge in [0.25, 0.3) is 5.69 Å².